The summed E-state index contributed by atoms with van der Waals surface area (Å²) in [5, 5.41) is 3.52. The zero-order valence-corrected chi connectivity index (χ0v) is 10.4. The van der Waals surface area contributed by atoms with Crippen LogP contribution >= 0.6 is 0 Å². The standard InChI is InChI=1S/C10H12N4O3S/c1-7-8(11)3-2-4-9(7)18(15,16)13-5-10-12-6-17-14-10/h2-4,6,13H,5,11H2,1H3. The third-order valence-electron chi connectivity index (χ3n) is 2.44. The Bertz CT molecular complexity index is 637. The summed E-state index contributed by atoms with van der Waals surface area (Å²) in [4.78, 5) is 3.87. The molecule has 1 aromatic heterocycles. The highest BCUT2D eigenvalue weighted by Crippen LogP contribution is 2.20. The van der Waals surface area contributed by atoms with E-state index in [4.69, 9.17) is 5.73 Å². The van der Waals surface area contributed by atoms with Gasteiger partial charge in [0.25, 0.3) is 0 Å². The molecule has 2 rings (SSSR count). The van der Waals surface area contributed by atoms with Gasteiger partial charge in [-0.15, -0.1) is 0 Å². The molecule has 18 heavy (non-hydrogen) atoms. The summed E-state index contributed by atoms with van der Waals surface area (Å²) in [6.45, 7) is 1.62. The number of nitrogens with zero attached hydrogens (tertiary/aromatic N) is 2. The molecule has 8 heteroatoms. The van der Waals surface area contributed by atoms with Crippen molar-refractivity contribution in [3.05, 3.63) is 36.0 Å². The first-order valence-corrected chi connectivity index (χ1v) is 6.59. The number of hydrogen-bond acceptors (Lipinski definition) is 6. The maximum absolute atomic E-state index is 12.0. The highest BCUT2D eigenvalue weighted by atomic mass is 32.2. The summed E-state index contributed by atoms with van der Waals surface area (Å²) in [7, 11) is -3.64. The van der Waals surface area contributed by atoms with Crippen LogP contribution in [0, 0.1) is 6.92 Å². The number of nitrogens with one attached hydrogen (secondary N) is 1. The van der Waals surface area contributed by atoms with E-state index in [0.29, 0.717) is 11.3 Å². The molecular weight excluding hydrogens is 256 g/mol. The van der Waals surface area contributed by atoms with Crippen molar-refractivity contribution in [3.63, 3.8) is 0 Å². The van der Waals surface area contributed by atoms with Crippen LogP contribution in [0.15, 0.2) is 34.0 Å². The molecule has 0 unspecified atom stereocenters. The van der Waals surface area contributed by atoms with Crippen molar-refractivity contribution >= 4 is 15.7 Å². The predicted octanol–water partition coefficient (Wildman–Crippen LogP) is 0.439. The van der Waals surface area contributed by atoms with Gasteiger partial charge in [0.05, 0.1) is 11.4 Å². The number of sulfonamides is 1. The summed E-state index contributed by atoms with van der Waals surface area (Å²) in [6.07, 6.45) is 1.13. The van der Waals surface area contributed by atoms with Crippen LogP contribution in [0.4, 0.5) is 5.69 Å². The van der Waals surface area contributed by atoms with Gasteiger partial charge in [0, 0.05) is 5.69 Å². The van der Waals surface area contributed by atoms with Crippen molar-refractivity contribution in [1.82, 2.24) is 14.9 Å². The van der Waals surface area contributed by atoms with Gasteiger partial charge in [0.1, 0.15) is 0 Å². The number of benzene rings is 1. The van der Waals surface area contributed by atoms with Crippen LogP contribution in [0.1, 0.15) is 11.4 Å². The summed E-state index contributed by atoms with van der Waals surface area (Å²) >= 11 is 0. The maximum atomic E-state index is 12.0. The minimum atomic E-state index is -3.64. The Kier molecular flexibility index (Phi) is 3.30. The zero-order chi connectivity index (χ0) is 13.2. The first-order valence-electron chi connectivity index (χ1n) is 5.11. The summed E-state index contributed by atoms with van der Waals surface area (Å²) in [5.41, 5.74) is 6.62. The molecule has 0 aliphatic carbocycles. The summed E-state index contributed by atoms with van der Waals surface area (Å²) in [6, 6.07) is 4.73. The molecule has 0 radical (unpaired) electrons. The number of rotatable bonds is 4. The van der Waals surface area contributed by atoms with Crippen LogP contribution in [0.3, 0.4) is 0 Å². The van der Waals surface area contributed by atoms with Crippen molar-refractivity contribution < 1.29 is 12.9 Å². The van der Waals surface area contributed by atoms with Crippen molar-refractivity contribution in [2.45, 2.75) is 18.4 Å². The molecule has 0 bridgehead atoms. The average molecular weight is 268 g/mol. The van der Waals surface area contributed by atoms with Gasteiger partial charge in [-0.25, -0.2) is 13.1 Å². The van der Waals surface area contributed by atoms with E-state index in [1.807, 2.05) is 0 Å². The van der Waals surface area contributed by atoms with Gasteiger partial charge in [-0.3, -0.25) is 0 Å². The lowest BCUT2D eigenvalue weighted by Gasteiger charge is -2.09. The second-order valence-corrected chi connectivity index (χ2v) is 5.38. The molecular formula is C10H12N4O3S. The van der Waals surface area contributed by atoms with Gasteiger partial charge >= 0.3 is 0 Å². The van der Waals surface area contributed by atoms with Gasteiger partial charge in [0.2, 0.25) is 16.4 Å². The predicted molar refractivity (Wildman–Crippen MR) is 63.9 cm³/mol. The van der Waals surface area contributed by atoms with E-state index in [2.05, 4.69) is 19.4 Å². The van der Waals surface area contributed by atoms with E-state index in [9.17, 15) is 8.42 Å². The highest BCUT2D eigenvalue weighted by Gasteiger charge is 2.18. The topological polar surface area (TPSA) is 111 Å². The minimum absolute atomic E-state index is 0.0347. The van der Waals surface area contributed by atoms with E-state index >= 15 is 0 Å². The lowest BCUT2D eigenvalue weighted by Crippen LogP contribution is -2.24. The monoisotopic (exact) mass is 268 g/mol. The van der Waals surface area contributed by atoms with Crippen molar-refractivity contribution in [2.75, 3.05) is 5.73 Å². The zero-order valence-electron chi connectivity index (χ0n) is 9.62. The highest BCUT2D eigenvalue weighted by molar-refractivity contribution is 7.89. The Morgan fingerprint density at radius 1 is 1.44 bits per heavy atom. The number of nitrogen functional groups attached to an aromatic ring is 1. The van der Waals surface area contributed by atoms with Crippen molar-refractivity contribution in [2.24, 2.45) is 0 Å². The molecule has 0 aliphatic rings. The van der Waals surface area contributed by atoms with Crippen molar-refractivity contribution in [1.29, 1.82) is 0 Å². The molecule has 0 spiro atoms. The van der Waals surface area contributed by atoms with E-state index in [-0.39, 0.29) is 17.3 Å². The lowest BCUT2D eigenvalue weighted by atomic mass is 10.2. The van der Waals surface area contributed by atoms with Gasteiger partial charge in [-0.1, -0.05) is 11.2 Å². The normalized spacial score (nSPS) is 11.6. The van der Waals surface area contributed by atoms with Gasteiger partial charge in [-0.05, 0) is 24.6 Å². The van der Waals surface area contributed by atoms with Gasteiger partial charge in [0.15, 0.2) is 5.82 Å². The summed E-state index contributed by atoms with van der Waals surface area (Å²) < 4.78 is 31.0. The van der Waals surface area contributed by atoms with E-state index in [1.165, 1.54) is 6.07 Å². The molecule has 7 nitrogen and oxygen atoms in total. The Balaban J connectivity index is 2.23. The van der Waals surface area contributed by atoms with Crippen molar-refractivity contribution in [3.8, 4) is 0 Å². The van der Waals surface area contributed by atoms with E-state index in [1.54, 1.807) is 19.1 Å². The SMILES string of the molecule is Cc1c(N)cccc1S(=O)(=O)NCc1ncon1. The second-order valence-electron chi connectivity index (χ2n) is 3.64. The van der Waals surface area contributed by atoms with Crippen LogP contribution in [-0.4, -0.2) is 18.6 Å². The van der Waals surface area contributed by atoms with Crippen LogP contribution in [0.2, 0.25) is 0 Å². The van der Waals surface area contributed by atoms with E-state index < -0.39 is 10.0 Å². The molecule has 0 aliphatic heterocycles. The van der Waals surface area contributed by atoms with Gasteiger partial charge in [-0.2, -0.15) is 4.98 Å². The fourth-order valence-electron chi connectivity index (χ4n) is 1.43. The molecule has 0 amide bonds. The number of nitrogens with two attached hydrogens (primary N) is 1. The maximum Gasteiger partial charge on any atom is 0.241 e. The van der Waals surface area contributed by atoms with Crippen LogP contribution in [0.5, 0.6) is 0 Å². The summed E-state index contributed by atoms with van der Waals surface area (Å²) in [5.74, 6) is 0.264. The largest absolute Gasteiger partial charge is 0.398 e. The molecule has 96 valence electrons. The quantitative estimate of drug-likeness (QED) is 0.778. The molecule has 0 atom stereocenters. The molecule has 3 N–H and O–H groups in total. The Morgan fingerprint density at radius 2 is 2.22 bits per heavy atom. The van der Waals surface area contributed by atoms with Gasteiger partial charge < -0.3 is 10.3 Å². The number of hydrogen-bond donors (Lipinski definition) is 2. The third-order valence-corrected chi connectivity index (χ3v) is 3.99. The third kappa shape index (κ3) is 2.49. The number of aromatic nitrogens is 2. The Labute approximate surface area is 104 Å². The minimum Gasteiger partial charge on any atom is -0.398 e. The molecule has 0 saturated carbocycles. The first kappa shape index (κ1) is 12.5. The lowest BCUT2D eigenvalue weighted by molar-refractivity contribution is 0.409. The Hall–Kier alpha value is -1.93. The molecule has 1 heterocycles. The first-order chi connectivity index (χ1) is 8.50. The smallest absolute Gasteiger partial charge is 0.241 e. The molecule has 1 aromatic carbocycles. The van der Waals surface area contributed by atoms with Crippen LogP contribution in [-0.2, 0) is 16.6 Å². The number of anilines is 1. The second kappa shape index (κ2) is 4.75. The molecule has 2 aromatic rings. The average Bonchev–Trinajstić information content (AvgIpc) is 2.83. The fourth-order valence-corrected chi connectivity index (χ4v) is 2.68. The van der Waals surface area contributed by atoms with Crippen LogP contribution < -0.4 is 10.5 Å². The van der Waals surface area contributed by atoms with E-state index in [0.717, 1.165) is 6.39 Å². The molecule has 0 saturated heterocycles. The molecule has 0 fully saturated rings. The fraction of sp³-hybridized carbons (Fsp3) is 0.200. The Morgan fingerprint density at radius 3 is 2.89 bits per heavy atom. The van der Waals surface area contributed by atoms with Crippen LogP contribution in [0.25, 0.3) is 0 Å².